The molecule has 0 aliphatic carbocycles. The molecule has 0 saturated heterocycles. The van der Waals surface area contributed by atoms with Crippen molar-refractivity contribution in [2.24, 2.45) is 0 Å². The van der Waals surface area contributed by atoms with E-state index in [9.17, 15) is 9.50 Å². The molecular weight excluding hydrogens is 387 g/mol. The fourth-order valence-electron chi connectivity index (χ4n) is 3.50. The highest BCUT2D eigenvalue weighted by Crippen LogP contribution is 2.47. The maximum absolute atomic E-state index is 13.7. The predicted octanol–water partition coefficient (Wildman–Crippen LogP) is 5.61. The maximum Gasteiger partial charge on any atom is 0.250 e. The Balaban J connectivity index is 1.76. The van der Waals surface area contributed by atoms with Crippen LogP contribution >= 0.6 is 0 Å². The molecule has 0 radical (unpaired) electrons. The summed E-state index contributed by atoms with van der Waals surface area (Å²) < 4.78 is 31.7. The molecule has 1 atom stereocenters. The first kappa shape index (κ1) is 20.0. The number of fused-ring (bicyclic) bond motifs is 4. The van der Waals surface area contributed by atoms with Crippen molar-refractivity contribution in [2.75, 3.05) is 6.61 Å². The number of benzene rings is 2. The molecule has 0 aromatic heterocycles. The van der Waals surface area contributed by atoms with Crippen molar-refractivity contribution in [3.63, 3.8) is 0 Å². The molecule has 0 bridgehead atoms. The summed E-state index contributed by atoms with van der Waals surface area (Å²) in [4.78, 5) is 0. The Morgan fingerprint density at radius 2 is 1.79 bits per heavy atom. The minimum atomic E-state index is -1.99. The van der Waals surface area contributed by atoms with Gasteiger partial charge in [-0.25, -0.2) is 4.39 Å². The molecule has 4 nitrogen and oxygen atoms in total. The summed E-state index contributed by atoms with van der Waals surface area (Å²) in [5, 5.41) is 10.9. The Bertz CT molecular complexity index is 991. The smallest absolute Gasteiger partial charge is 0.250 e. The topological polar surface area (TPSA) is 47.9 Å². The van der Waals surface area contributed by atoms with Crippen molar-refractivity contribution in [3.05, 3.63) is 53.3 Å². The molecule has 2 aliphatic heterocycles. The van der Waals surface area contributed by atoms with Gasteiger partial charge in [-0.05, 0) is 48.0 Å². The summed E-state index contributed by atoms with van der Waals surface area (Å²) in [6.07, 6.45) is -0.548. The summed E-state index contributed by atoms with van der Waals surface area (Å²) in [5.74, 6) is 1.41. The normalized spacial score (nSPS) is 18.7. The number of ether oxygens (including phenoxy) is 2. The van der Waals surface area contributed by atoms with Crippen molar-refractivity contribution >= 4 is 19.5 Å². The maximum atomic E-state index is 13.7. The van der Waals surface area contributed by atoms with Crippen molar-refractivity contribution < 1.29 is 23.4 Å². The average Bonchev–Trinajstić information content (AvgIpc) is 2.79. The van der Waals surface area contributed by atoms with Crippen LogP contribution in [0.5, 0.6) is 17.2 Å². The number of aliphatic hydroxyl groups excluding tert-OH is 1. The highest BCUT2D eigenvalue weighted by atomic mass is 28.4. The van der Waals surface area contributed by atoms with Gasteiger partial charge in [0.15, 0.2) is 0 Å². The first-order chi connectivity index (χ1) is 13.6. The van der Waals surface area contributed by atoms with E-state index in [0.717, 1.165) is 16.9 Å². The zero-order chi connectivity index (χ0) is 21.0. The molecule has 2 aromatic carbocycles. The number of hydrogen-bond donors (Lipinski definition) is 1. The van der Waals surface area contributed by atoms with Crippen LogP contribution in [0.15, 0.2) is 36.4 Å². The summed E-state index contributed by atoms with van der Waals surface area (Å²) in [6.45, 7) is 11.4. The third kappa shape index (κ3) is 3.55. The van der Waals surface area contributed by atoms with E-state index in [-0.39, 0.29) is 10.9 Å². The minimum Gasteiger partial charge on any atom is -0.543 e. The van der Waals surface area contributed by atoms with Crippen LogP contribution in [0, 0.1) is 5.82 Å². The average molecular weight is 415 g/mol. The van der Waals surface area contributed by atoms with Gasteiger partial charge in [0.2, 0.25) is 14.6 Å². The molecule has 154 valence electrons. The van der Waals surface area contributed by atoms with Crippen molar-refractivity contribution in [2.45, 2.75) is 51.6 Å². The summed E-state index contributed by atoms with van der Waals surface area (Å²) in [5.41, 5.74) is 3.18. The van der Waals surface area contributed by atoms with Gasteiger partial charge in [0.05, 0.1) is 6.61 Å². The second-order valence-electron chi connectivity index (χ2n) is 9.12. The Kier molecular flexibility index (Phi) is 4.74. The Labute approximate surface area is 172 Å². The molecule has 2 aromatic rings. The number of halogens is 1. The van der Waals surface area contributed by atoms with E-state index < -0.39 is 14.6 Å². The van der Waals surface area contributed by atoms with E-state index in [1.54, 1.807) is 6.07 Å². The second-order valence-corrected chi connectivity index (χ2v) is 13.8. The highest BCUT2D eigenvalue weighted by Gasteiger charge is 2.39. The van der Waals surface area contributed by atoms with Crippen LogP contribution in [-0.2, 0) is 0 Å². The lowest BCUT2D eigenvalue weighted by Gasteiger charge is -2.37. The van der Waals surface area contributed by atoms with E-state index in [1.165, 1.54) is 12.1 Å². The number of rotatable bonds is 2. The van der Waals surface area contributed by atoms with Crippen LogP contribution in [0.25, 0.3) is 11.1 Å². The van der Waals surface area contributed by atoms with Crippen LogP contribution in [0.2, 0.25) is 18.1 Å². The van der Waals surface area contributed by atoms with Crippen LogP contribution < -0.4 is 13.9 Å². The van der Waals surface area contributed by atoms with E-state index in [2.05, 4.69) is 33.9 Å². The van der Waals surface area contributed by atoms with E-state index in [0.29, 0.717) is 35.7 Å². The lowest BCUT2D eigenvalue weighted by molar-refractivity contribution is 0.0313. The lowest BCUT2D eigenvalue weighted by Crippen LogP contribution is -2.43. The molecule has 2 aliphatic rings. The van der Waals surface area contributed by atoms with Crippen molar-refractivity contribution in [3.8, 4) is 17.2 Å². The molecule has 0 spiro atoms. The molecule has 0 fully saturated rings. The third-order valence-electron chi connectivity index (χ3n) is 6.11. The zero-order valence-corrected chi connectivity index (χ0v) is 18.5. The first-order valence-corrected chi connectivity index (χ1v) is 12.8. The fourth-order valence-corrected chi connectivity index (χ4v) is 4.52. The molecule has 29 heavy (non-hydrogen) atoms. The van der Waals surface area contributed by atoms with Gasteiger partial charge in [-0.1, -0.05) is 20.8 Å². The summed E-state index contributed by atoms with van der Waals surface area (Å²) in [6, 6.07) is 10.2. The predicted molar refractivity (Wildman–Crippen MR) is 114 cm³/mol. The van der Waals surface area contributed by atoms with E-state index in [1.807, 2.05) is 18.2 Å². The van der Waals surface area contributed by atoms with Gasteiger partial charge in [-0.2, -0.15) is 0 Å². The van der Waals surface area contributed by atoms with Crippen molar-refractivity contribution in [1.82, 2.24) is 0 Å². The quantitative estimate of drug-likeness (QED) is 0.649. The second kappa shape index (κ2) is 6.88. The molecular formula is C23H27FO4Si. The number of aliphatic hydroxyl groups is 1. The molecule has 0 amide bonds. The van der Waals surface area contributed by atoms with Gasteiger partial charge >= 0.3 is 0 Å². The van der Waals surface area contributed by atoms with Crippen LogP contribution in [0.3, 0.4) is 0 Å². The largest absolute Gasteiger partial charge is 0.543 e. The Hall–Kier alpha value is -2.31. The molecule has 4 rings (SSSR count). The standard InChI is InChI=1S/C23H27FO4Si/c1-23(2,3)29(4,5)28-15-7-9-16-17-10-11-26-19-12-14(24)6-8-18(19)21(17)22(25)27-20(16)13-15/h6-9,12-13,22,25H,10-11H2,1-5H3. The molecule has 1 unspecified atom stereocenters. The molecule has 6 heteroatoms. The molecule has 0 saturated carbocycles. The molecule has 2 heterocycles. The van der Waals surface area contributed by atoms with Crippen LogP contribution in [0.1, 0.15) is 38.3 Å². The summed E-state index contributed by atoms with van der Waals surface area (Å²) >= 11 is 0. The Morgan fingerprint density at radius 3 is 2.52 bits per heavy atom. The lowest BCUT2D eigenvalue weighted by atomic mass is 9.90. The SMILES string of the molecule is CC(C)(C)[Si](C)(C)Oc1ccc2c(c1)OC(O)C1=C2CCOc2cc(F)ccc21. The van der Waals surface area contributed by atoms with Crippen LogP contribution in [-0.4, -0.2) is 26.3 Å². The fraction of sp³-hybridized carbons (Fsp3) is 0.391. The number of hydrogen-bond acceptors (Lipinski definition) is 4. The van der Waals surface area contributed by atoms with Gasteiger partial charge < -0.3 is 19.0 Å². The van der Waals surface area contributed by atoms with E-state index >= 15 is 0 Å². The van der Waals surface area contributed by atoms with E-state index in [4.69, 9.17) is 13.9 Å². The molecule has 1 N–H and O–H groups in total. The van der Waals surface area contributed by atoms with Gasteiger partial charge in [0.1, 0.15) is 23.1 Å². The van der Waals surface area contributed by atoms with Gasteiger partial charge in [0, 0.05) is 35.3 Å². The zero-order valence-electron chi connectivity index (χ0n) is 17.5. The minimum absolute atomic E-state index is 0.0799. The third-order valence-corrected chi connectivity index (χ3v) is 10.5. The van der Waals surface area contributed by atoms with Gasteiger partial charge in [-0.3, -0.25) is 0 Å². The first-order valence-electron chi connectivity index (χ1n) is 9.91. The van der Waals surface area contributed by atoms with Gasteiger partial charge in [-0.15, -0.1) is 0 Å². The summed E-state index contributed by atoms with van der Waals surface area (Å²) in [7, 11) is -1.99. The monoisotopic (exact) mass is 414 g/mol. The van der Waals surface area contributed by atoms with Crippen LogP contribution in [0.4, 0.5) is 4.39 Å². The van der Waals surface area contributed by atoms with Crippen molar-refractivity contribution in [1.29, 1.82) is 0 Å². The highest BCUT2D eigenvalue weighted by molar-refractivity contribution is 6.74. The van der Waals surface area contributed by atoms with Gasteiger partial charge in [0.25, 0.3) is 0 Å². The Morgan fingerprint density at radius 1 is 1.07 bits per heavy atom.